The number of aromatic nitrogens is 1. The Morgan fingerprint density at radius 2 is 1.60 bits per heavy atom. The molecule has 5 rings (SSSR count). The predicted octanol–water partition coefficient (Wildman–Crippen LogP) is 4.81. The maximum Gasteiger partial charge on any atom is 0.253 e. The molecule has 6 heteroatoms. The number of likely N-dealkylation sites (tertiary alicyclic amines) is 2. The molecule has 1 atom stereocenters. The van der Waals surface area contributed by atoms with Gasteiger partial charge in [-0.05, 0) is 74.1 Å². The molecular weight excluding hydrogens is 566 g/mol. The molecule has 4 nitrogen and oxygen atoms in total. The van der Waals surface area contributed by atoms with Gasteiger partial charge in [-0.3, -0.25) is 9.69 Å². The van der Waals surface area contributed by atoms with Crippen molar-refractivity contribution in [2.24, 2.45) is 0 Å². The van der Waals surface area contributed by atoms with E-state index in [-0.39, 0.29) is 46.8 Å². The van der Waals surface area contributed by atoms with E-state index in [1.807, 2.05) is 29.2 Å². The summed E-state index contributed by atoms with van der Waals surface area (Å²) in [6, 6.07) is 19.1. The maximum atomic E-state index is 12.9. The van der Waals surface area contributed by atoms with Crippen LogP contribution in [0.2, 0.25) is 0 Å². The Labute approximate surface area is 199 Å². The topological polar surface area (TPSA) is 28.5 Å². The largest absolute Gasteiger partial charge is 0.358 e. The summed E-state index contributed by atoms with van der Waals surface area (Å²) in [5.41, 5.74) is 3.06. The Balaban J connectivity index is 0.00000107. The van der Waals surface area contributed by atoms with E-state index in [1.54, 1.807) is 0 Å². The number of para-hydroxylation sites is 1. The van der Waals surface area contributed by atoms with Crippen molar-refractivity contribution in [3.63, 3.8) is 0 Å². The molecule has 0 unspecified atom stereocenters. The molecule has 2 aromatic carbocycles. The summed E-state index contributed by atoms with van der Waals surface area (Å²) in [6.07, 6.45) is 5.81. The Bertz CT molecular complexity index is 966. The zero-order chi connectivity index (χ0) is 18.2. The van der Waals surface area contributed by atoms with Crippen LogP contribution in [0.25, 0.3) is 16.6 Å². The Morgan fingerprint density at radius 1 is 0.900 bits per heavy atom. The number of hydrogen-bond donors (Lipinski definition) is 0. The fourth-order valence-electron chi connectivity index (χ4n) is 4.59. The second-order valence-corrected chi connectivity index (χ2v) is 7.73. The number of nitrogens with zero attached hydrogens (tertiary/aromatic N) is 3. The normalized spacial score (nSPS) is 18.5. The van der Waals surface area contributed by atoms with Crippen LogP contribution in [0.3, 0.4) is 0 Å². The van der Waals surface area contributed by atoms with E-state index in [1.165, 1.54) is 36.8 Å². The molecule has 0 aliphatic carbocycles. The first-order valence-electron chi connectivity index (χ1n) is 9.99. The molecule has 1 amide bonds. The first-order valence-corrected chi connectivity index (χ1v) is 9.99. The Kier molecular flexibility index (Phi) is 8.72. The Hall–Kier alpha value is -1.61. The summed E-state index contributed by atoms with van der Waals surface area (Å²) in [6.45, 7) is 4.16. The SMILES string of the molecule is Cl.O=C(c1ccc(-n2ccc3ccccc32)cc1)N1CC[C@H](N2CCCC2)C1.[CH3-].[W]. The minimum Gasteiger partial charge on any atom is -0.358 e. The fraction of sp³-hybridized carbons (Fsp3) is 0.333. The van der Waals surface area contributed by atoms with Crippen LogP contribution < -0.4 is 0 Å². The van der Waals surface area contributed by atoms with Gasteiger partial charge in [-0.1, -0.05) is 18.2 Å². The van der Waals surface area contributed by atoms with E-state index in [0.29, 0.717) is 6.04 Å². The summed E-state index contributed by atoms with van der Waals surface area (Å²) < 4.78 is 2.17. The molecule has 2 aliphatic heterocycles. The van der Waals surface area contributed by atoms with E-state index in [2.05, 4.69) is 46.0 Å². The van der Waals surface area contributed by atoms with Gasteiger partial charge in [0.05, 0.1) is 5.52 Å². The molecule has 2 saturated heterocycles. The van der Waals surface area contributed by atoms with Gasteiger partial charge in [0.1, 0.15) is 0 Å². The fourth-order valence-corrected chi connectivity index (χ4v) is 4.59. The molecule has 0 saturated carbocycles. The minimum atomic E-state index is 0. The molecule has 3 heterocycles. The third-order valence-electron chi connectivity index (χ3n) is 6.10. The summed E-state index contributed by atoms with van der Waals surface area (Å²) in [5, 5.41) is 1.22. The van der Waals surface area contributed by atoms with Gasteiger partial charge in [0.25, 0.3) is 5.91 Å². The average Bonchev–Trinajstić information content (AvgIpc) is 3.47. The van der Waals surface area contributed by atoms with Gasteiger partial charge < -0.3 is 16.9 Å². The summed E-state index contributed by atoms with van der Waals surface area (Å²) in [7, 11) is 0. The van der Waals surface area contributed by atoms with Gasteiger partial charge in [-0.25, -0.2) is 0 Å². The van der Waals surface area contributed by atoms with Crippen molar-refractivity contribution in [2.75, 3.05) is 26.2 Å². The van der Waals surface area contributed by atoms with Crippen molar-refractivity contribution in [2.45, 2.75) is 25.3 Å². The zero-order valence-corrected chi connectivity index (χ0v) is 21.1. The van der Waals surface area contributed by atoms with Crippen LogP contribution in [0, 0.1) is 7.43 Å². The Morgan fingerprint density at radius 3 is 2.33 bits per heavy atom. The number of carbonyl (C=O) groups excluding carboxylic acids is 1. The molecule has 3 aromatic rings. The number of amides is 1. The van der Waals surface area contributed by atoms with E-state index >= 15 is 0 Å². The molecule has 0 spiro atoms. The second-order valence-electron chi connectivity index (χ2n) is 7.73. The van der Waals surface area contributed by atoms with Crippen molar-refractivity contribution in [1.29, 1.82) is 0 Å². The van der Waals surface area contributed by atoms with Crippen molar-refractivity contribution in [1.82, 2.24) is 14.4 Å². The molecule has 30 heavy (non-hydrogen) atoms. The predicted molar refractivity (Wildman–Crippen MR) is 122 cm³/mol. The summed E-state index contributed by atoms with van der Waals surface area (Å²) >= 11 is 0. The third-order valence-corrected chi connectivity index (χ3v) is 6.10. The standard InChI is InChI=1S/C23H25N3O.CH3.ClH.W/c27-23(25-15-12-21(17-25)24-13-3-4-14-24)19-7-9-20(10-8-19)26-16-11-18-5-1-2-6-22(18)26;;;/h1-2,5-11,16,21H,3-4,12-15,17H2;1H3;1H;/q;-1;;/t21-;;;/m0.../s1. The van der Waals surface area contributed by atoms with Gasteiger partial charge in [0.2, 0.25) is 0 Å². The van der Waals surface area contributed by atoms with Crippen LogP contribution in [-0.2, 0) is 21.1 Å². The van der Waals surface area contributed by atoms with Crippen LogP contribution in [0.4, 0.5) is 0 Å². The van der Waals surface area contributed by atoms with Crippen molar-refractivity contribution in [3.8, 4) is 5.69 Å². The van der Waals surface area contributed by atoms with Crippen LogP contribution >= 0.6 is 12.4 Å². The molecule has 160 valence electrons. The van der Waals surface area contributed by atoms with Crippen LogP contribution in [-0.4, -0.2) is 52.5 Å². The van der Waals surface area contributed by atoms with E-state index in [0.717, 1.165) is 30.8 Å². The van der Waals surface area contributed by atoms with Crippen molar-refractivity contribution >= 4 is 29.2 Å². The minimum absolute atomic E-state index is 0. The van der Waals surface area contributed by atoms with E-state index < -0.39 is 0 Å². The number of hydrogen-bond acceptors (Lipinski definition) is 2. The quantitative estimate of drug-likeness (QED) is 0.408. The number of carbonyl (C=O) groups is 1. The number of benzene rings is 2. The molecule has 0 bridgehead atoms. The number of rotatable bonds is 3. The first kappa shape index (κ1) is 24.7. The smallest absolute Gasteiger partial charge is 0.253 e. The van der Waals surface area contributed by atoms with Crippen molar-refractivity contribution < 1.29 is 25.9 Å². The number of fused-ring (bicyclic) bond motifs is 1. The third kappa shape index (κ3) is 4.66. The molecule has 0 N–H and O–H groups in total. The molecule has 0 radical (unpaired) electrons. The van der Waals surface area contributed by atoms with E-state index in [9.17, 15) is 4.79 Å². The monoisotopic (exact) mass is 594 g/mol. The van der Waals surface area contributed by atoms with Crippen LogP contribution in [0.15, 0.2) is 60.8 Å². The molecule has 2 aliphatic rings. The zero-order valence-electron chi connectivity index (χ0n) is 17.4. The second kappa shape index (κ2) is 10.6. The van der Waals surface area contributed by atoms with Crippen LogP contribution in [0.5, 0.6) is 0 Å². The van der Waals surface area contributed by atoms with Gasteiger partial charge in [-0.2, -0.15) is 0 Å². The number of halogens is 1. The average molecular weight is 595 g/mol. The first-order chi connectivity index (χ1) is 13.3. The maximum absolute atomic E-state index is 12.9. The van der Waals surface area contributed by atoms with Crippen molar-refractivity contribution in [3.05, 3.63) is 73.8 Å². The molecule has 2 fully saturated rings. The summed E-state index contributed by atoms with van der Waals surface area (Å²) in [4.78, 5) is 17.5. The summed E-state index contributed by atoms with van der Waals surface area (Å²) in [5.74, 6) is 0.167. The van der Waals surface area contributed by atoms with Crippen LogP contribution in [0.1, 0.15) is 29.6 Å². The molecule has 1 aromatic heterocycles. The van der Waals surface area contributed by atoms with Gasteiger partial charge >= 0.3 is 0 Å². The van der Waals surface area contributed by atoms with Gasteiger partial charge in [0, 0.05) is 57.6 Å². The van der Waals surface area contributed by atoms with Gasteiger partial charge in [-0.15, -0.1) is 12.4 Å². The van der Waals surface area contributed by atoms with Gasteiger partial charge in [0.15, 0.2) is 0 Å². The van der Waals surface area contributed by atoms with E-state index in [4.69, 9.17) is 0 Å². The molecular formula is C24H29ClN3OW-.